The maximum absolute atomic E-state index is 3.67. The van der Waals surface area contributed by atoms with Crippen molar-refractivity contribution in [3.05, 3.63) is 55.2 Å². The molecule has 0 aliphatic rings. The number of halogens is 1. The fourth-order valence-corrected chi connectivity index (χ4v) is 4.27. The zero-order valence-electron chi connectivity index (χ0n) is 11.9. The summed E-state index contributed by atoms with van der Waals surface area (Å²) in [5.41, 5.74) is 6.80. The van der Waals surface area contributed by atoms with Gasteiger partial charge in [0.05, 0.1) is 6.04 Å². The van der Waals surface area contributed by atoms with Crippen LogP contribution < -0.4 is 5.32 Å². The number of benzene rings is 1. The van der Waals surface area contributed by atoms with E-state index < -0.39 is 0 Å². The summed E-state index contributed by atoms with van der Waals surface area (Å²) < 4.78 is 1.20. The third-order valence-corrected chi connectivity index (χ3v) is 5.14. The van der Waals surface area contributed by atoms with Crippen LogP contribution in [0.3, 0.4) is 0 Å². The number of hydrogen-bond donors (Lipinski definition) is 1. The summed E-state index contributed by atoms with van der Waals surface area (Å²) >= 11 is 5.41. The lowest BCUT2D eigenvalue weighted by Gasteiger charge is -2.23. The first-order valence-electron chi connectivity index (χ1n) is 6.57. The zero-order valence-corrected chi connectivity index (χ0v) is 14.3. The largest absolute Gasteiger partial charge is 0.306 e. The highest BCUT2D eigenvalue weighted by molar-refractivity contribution is 9.10. The van der Waals surface area contributed by atoms with Gasteiger partial charge in [-0.3, -0.25) is 0 Å². The molecule has 1 atom stereocenters. The van der Waals surface area contributed by atoms with E-state index in [-0.39, 0.29) is 6.04 Å². The molecule has 0 saturated heterocycles. The molecular formula is C16H20BrNS. The van der Waals surface area contributed by atoms with Gasteiger partial charge in [-0.15, -0.1) is 0 Å². The molecule has 0 aliphatic heterocycles. The normalized spacial score (nSPS) is 12.7. The molecule has 1 heterocycles. The second-order valence-corrected chi connectivity index (χ2v) is 6.58. The van der Waals surface area contributed by atoms with Gasteiger partial charge in [-0.1, -0.05) is 24.6 Å². The summed E-state index contributed by atoms with van der Waals surface area (Å²) in [6.45, 7) is 9.69. The van der Waals surface area contributed by atoms with Crippen molar-refractivity contribution in [2.24, 2.45) is 0 Å². The molecule has 0 bridgehead atoms. The molecule has 0 spiro atoms. The van der Waals surface area contributed by atoms with Gasteiger partial charge in [-0.25, -0.2) is 0 Å². The Hall–Kier alpha value is -0.640. The fraction of sp³-hybridized carbons (Fsp3) is 0.375. The number of hydrogen-bond acceptors (Lipinski definition) is 2. The molecule has 1 N–H and O–H groups in total. The standard InChI is InChI=1S/C16H20BrNS/c1-5-18-16(13-8-19-9-14(13)17)15-11(3)6-10(2)7-12(15)4/h6-9,16,18H,5H2,1-4H3. The van der Waals surface area contributed by atoms with Gasteiger partial charge in [-0.2, -0.15) is 11.3 Å². The lowest BCUT2D eigenvalue weighted by molar-refractivity contribution is 0.624. The zero-order chi connectivity index (χ0) is 14.0. The van der Waals surface area contributed by atoms with Crippen LogP contribution in [0, 0.1) is 20.8 Å². The van der Waals surface area contributed by atoms with E-state index in [2.05, 4.69) is 71.8 Å². The minimum atomic E-state index is 0.270. The molecule has 0 amide bonds. The predicted octanol–water partition coefficient (Wildman–Crippen LogP) is 5.13. The van der Waals surface area contributed by atoms with Crippen LogP contribution in [0.1, 0.15) is 40.8 Å². The molecule has 2 aromatic rings. The molecule has 1 aromatic heterocycles. The van der Waals surface area contributed by atoms with Gasteiger partial charge in [0.1, 0.15) is 0 Å². The number of rotatable bonds is 4. The maximum atomic E-state index is 3.67. The molecule has 1 nitrogen and oxygen atoms in total. The van der Waals surface area contributed by atoms with Gasteiger partial charge in [0.25, 0.3) is 0 Å². The fourth-order valence-electron chi connectivity index (χ4n) is 2.72. The Bertz CT molecular complexity index is 551. The molecule has 1 aromatic carbocycles. The van der Waals surface area contributed by atoms with Gasteiger partial charge in [-0.05, 0) is 70.9 Å². The predicted molar refractivity (Wildman–Crippen MR) is 88.2 cm³/mol. The first-order chi connectivity index (χ1) is 9.04. The first kappa shape index (κ1) is 14.8. The molecule has 0 fully saturated rings. The smallest absolute Gasteiger partial charge is 0.0601 e. The van der Waals surface area contributed by atoms with Crippen LogP contribution >= 0.6 is 27.3 Å². The SMILES string of the molecule is CCNC(c1cscc1Br)c1c(C)cc(C)cc1C. The topological polar surface area (TPSA) is 12.0 Å². The van der Waals surface area contributed by atoms with Gasteiger partial charge < -0.3 is 5.32 Å². The van der Waals surface area contributed by atoms with E-state index in [0.717, 1.165) is 6.54 Å². The minimum absolute atomic E-state index is 0.270. The Morgan fingerprint density at radius 3 is 2.26 bits per heavy atom. The van der Waals surface area contributed by atoms with Crippen molar-refractivity contribution in [1.29, 1.82) is 0 Å². The van der Waals surface area contributed by atoms with Gasteiger partial charge >= 0.3 is 0 Å². The van der Waals surface area contributed by atoms with E-state index in [4.69, 9.17) is 0 Å². The Morgan fingerprint density at radius 1 is 1.16 bits per heavy atom. The molecule has 3 heteroatoms. The third kappa shape index (κ3) is 3.10. The maximum Gasteiger partial charge on any atom is 0.0601 e. The van der Waals surface area contributed by atoms with Crippen LogP contribution in [-0.2, 0) is 0 Å². The van der Waals surface area contributed by atoms with Crippen molar-refractivity contribution in [3.8, 4) is 0 Å². The van der Waals surface area contributed by atoms with E-state index >= 15 is 0 Å². The monoisotopic (exact) mass is 337 g/mol. The number of thiophene rings is 1. The average molecular weight is 338 g/mol. The van der Waals surface area contributed by atoms with Gasteiger partial charge in [0.15, 0.2) is 0 Å². The summed E-state index contributed by atoms with van der Waals surface area (Å²) in [5, 5.41) is 8.00. The molecular weight excluding hydrogens is 318 g/mol. The van der Waals surface area contributed by atoms with E-state index in [1.54, 1.807) is 11.3 Å². The Balaban J connectivity index is 2.54. The van der Waals surface area contributed by atoms with E-state index in [1.807, 2.05) is 0 Å². The summed E-state index contributed by atoms with van der Waals surface area (Å²) in [5.74, 6) is 0. The van der Waals surface area contributed by atoms with Gasteiger partial charge in [0.2, 0.25) is 0 Å². The lowest BCUT2D eigenvalue weighted by atomic mass is 9.91. The van der Waals surface area contributed by atoms with Crippen LogP contribution in [-0.4, -0.2) is 6.54 Å². The number of nitrogens with one attached hydrogen (secondary N) is 1. The molecule has 0 aliphatic carbocycles. The van der Waals surface area contributed by atoms with Crippen molar-refractivity contribution < 1.29 is 0 Å². The van der Waals surface area contributed by atoms with Crippen LogP contribution in [0.15, 0.2) is 27.4 Å². The quantitative estimate of drug-likeness (QED) is 0.814. The summed E-state index contributed by atoms with van der Waals surface area (Å²) in [7, 11) is 0. The average Bonchev–Trinajstić information content (AvgIpc) is 2.73. The van der Waals surface area contributed by atoms with Crippen LogP contribution in [0.5, 0.6) is 0 Å². The molecule has 0 radical (unpaired) electrons. The molecule has 2 rings (SSSR count). The molecule has 0 saturated carbocycles. The van der Waals surface area contributed by atoms with Crippen molar-refractivity contribution in [3.63, 3.8) is 0 Å². The molecule has 19 heavy (non-hydrogen) atoms. The van der Waals surface area contributed by atoms with Crippen molar-refractivity contribution in [2.75, 3.05) is 6.54 Å². The van der Waals surface area contributed by atoms with Gasteiger partial charge in [0, 0.05) is 9.85 Å². The number of aryl methyl sites for hydroxylation is 3. The second-order valence-electron chi connectivity index (χ2n) is 4.98. The van der Waals surface area contributed by atoms with Crippen molar-refractivity contribution in [2.45, 2.75) is 33.7 Å². The lowest BCUT2D eigenvalue weighted by Crippen LogP contribution is -2.23. The molecule has 1 unspecified atom stereocenters. The highest BCUT2D eigenvalue weighted by Gasteiger charge is 2.20. The van der Waals surface area contributed by atoms with Crippen LogP contribution in [0.4, 0.5) is 0 Å². The second kappa shape index (κ2) is 6.21. The molecule has 102 valence electrons. The highest BCUT2D eigenvalue weighted by Crippen LogP contribution is 2.34. The van der Waals surface area contributed by atoms with Crippen molar-refractivity contribution in [1.82, 2.24) is 5.32 Å². The Kier molecular flexibility index (Phi) is 4.82. The minimum Gasteiger partial charge on any atom is -0.306 e. The van der Waals surface area contributed by atoms with Crippen molar-refractivity contribution >= 4 is 27.3 Å². The van der Waals surface area contributed by atoms with Crippen LogP contribution in [0.2, 0.25) is 0 Å². The highest BCUT2D eigenvalue weighted by atomic mass is 79.9. The Labute approximate surface area is 128 Å². The first-order valence-corrected chi connectivity index (χ1v) is 8.30. The summed E-state index contributed by atoms with van der Waals surface area (Å²) in [6, 6.07) is 4.81. The third-order valence-electron chi connectivity index (χ3n) is 3.39. The summed E-state index contributed by atoms with van der Waals surface area (Å²) in [6.07, 6.45) is 0. The van der Waals surface area contributed by atoms with E-state index in [0.29, 0.717) is 0 Å². The van der Waals surface area contributed by atoms with E-state index in [1.165, 1.54) is 32.3 Å². The van der Waals surface area contributed by atoms with E-state index in [9.17, 15) is 0 Å². The van der Waals surface area contributed by atoms with Crippen LogP contribution in [0.25, 0.3) is 0 Å². The Morgan fingerprint density at radius 2 is 1.79 bits per heavy atom. The summed E-state index contributed by atoms with van der Waals surface area (Å²) in [4.78, 5) is 0.